The molecule has 0 bridgehead atoms. The number of nitrogens with one attached hydrogen (secondary N) is 1. The van der Waals surface area contributed by atoms with Gasteiger partial charge in [-0.1, -0.05) is 6.07 Å². The van der Waals surface area contributed by atoms with E-state index in [1.165, 1.54) is 12.3 Å². The molecule has 1 fully saturated rings. The number of rotatable bonds is 4. The number of hydrogen-bond acceptors (Lipinski definition) is 3. The summed E-state index contributed by atoms with van der Waals surface area (Å²) in [5, 5.41) is 2.73. The second-order valence-corrected chi connectivity index (χ2v) is 4.39. The van der Waals surface area contributed by atoms with Gasteiger partial charge >= 0.3 is 6.18 Å². The standard InChI is InChI=1S/C12H13F3N2O2/c13-12(14,15)7-19-10-2-1-8(6-17-10)5-9-3-4-16-11(9)18/h1-2,6,9H,3-5,7H2,(H,16,18). The highest BCUT2D eigenvalue weighted by atomic mass is 19.4. The van der Waals surface area contributed by atoms with Crippen molar-refractivity contribution in [1.29, 1.82) is 0 Å². The average Bonchev–Trinajstić information content (AvgIpc) is 2.73. The number of aromatic nitrogens is 1. The van der Waals surface area contributed by atoms with E-state index in [1.807, 2.05) is 0 Å². The van der Waals surface area contributed by atoms with Crippen LogP contribution in [0.15, 0.2) is 18.3 Å². The first-order valence-electron chi connectivity index (χ1n) is 5.86. The molecule has 0 radical (unpaired) electrons. The SMILES string of the molecule is O=C1NCCC1Cc1ccc(OCC(F)(F)F)nc1. The summed E-state index contributed by atoms with van der Waals surface area (Å²) >= 11 is 0. The second-order valence-electron chi connectivity index (χ2n) is 4.39. The summed E-state index contributed by atoms with van der Waals surface area (Å²) in [5.74, 6) is -0.141. The molecule has 104 valence electrons. The Balaban J connectivity index is 1.89. The van der Waals surface area contributed by atoms with Crippen molar-refractivity contribution in [3.63, 3.8) is 0 Å². The Labute approximate surface area is 108 Å². The fourth-order valence-electron chi connectivity index (χ4n) is 1.90. The van der Waals surface area contributed by atoms with Crippen molar-refractivity contribution in [3.05, 3.63) is 23.9 Å². The van der Waals surface area contributed by atoms with Crippen LogP contribution in [0.4, 0.5) is 13.2 Å². The molecule has 1 aromatic rings. The molecule has 2 rings (SSSR count). The van der Waals surface area contributed by atoms with Crippen molar-refractivity contribution < 1.29 is 22.7 Å². The van der Waals surface area contributed by atoms with E-state index in [2.05, 4.69) is 15.0 Å². The van der Waals surface area contributed by atoms with Crippen LogP contribution in [0.5, 0.6) is 5.88 Å². The molecule has 0 aliphatic carbocycles. The third-order valence-electron chi connectivity index (χ3n) is 2.83. The van der Waals surface area contributed by atoms with E-state index in [1.54, 1.807) is 6.07 Å². The number of carbonyl (C=O) groups excluding carboxylic acids is 1. The van der Waals surface area contributed by atoms with Crippen LogP contribution in [0.1, 0.15) is 12.0 Å². The van der Waals surface area contributed by atoms with Gasteiger partial charge in [0.05, 0.1) is 0 Å². The Morgan fingerprint density at radius 2 is 2.21 bits per heavy atom. The van der Waals surface area contributed by atoms with Gasteiger partial charge in [0.15, 0.2) is 6.61 Å². The van der Waals surface area contributed by atoms with E-state index in [4.69, 9.17) is 0 Å². The van der Waals surface area contributed by atoms with Gasteiger partial charge in [-0.15, -0.1) is 0 Å². The summed E-state index contributed by atoms with van der Waals surface area (Å²) < 4.78 is 40.3. The maximum atomic E-state index is 11.9. The number of halogens is 3. The van der Waals surface area contributed by atoms with Gasteiger partial charge < -0.3 is 10.1 Å². The number of ether oxygens (including phenoxy) is 1. The van der Waals surface area contributed by atoms with Crippen LogP contribution >= 0.6 is 0 Å². The molecule has 1 aromatic heterocycles. The molecule has 1 aliphatic heterocycles. The Hall–Kier alpha value is -1.79. The van der Waals surface area contributed by atoms with Crippen LogP contribution in [-0.2, 0) is 11.2 Å². The zero-order valence-corrected chi connectivity index (χ0v) is 10.0. The van der Waals surface area contributed by atoms with Crippen molar-refractivity contribution in [1.82, 2.24) is 10.3 Å². The quantitative estimate of drug-likeness (QED) is 0.909. The molecule has 0 spiro atoms. The lowest BCUT2D eigenvalue weighted by molar-refractivity contribution is -0.154. The fourth-order valence-corrected chi connectivity index (χ4v) is 1.90. The van der Waals surface area contributed by atoms with Gasteiger partial charge in [-0.2, -0.15) is 13.2 Å². The van der Waals surface area contributed by atoms with E-state index in [0.717, 1.165) is 12.0 Å². The Bertz CT molecular complexity index is 445. The van der Waals surface area contributed by atoms with Crippen molar-refractivity contribution in [2.75, 3.05) is 13.2 Å². The van der Waals surface area contributed by atoms with E-state index in [0.29, 0.717) is 13.0 Å². The number of pyridine rings is 1. The zero-order valence-electron chi connectivity index (χ0n) is 10.0. The number of amides is 1. The smallest absolute Gasteiger partial charge is 0.422 e. The molecule has 1 unspecified atom stereocenters. The Morgan fingerprint density at radius 3 is 2.74 bits per heavy atom. The van der Waals surface area contributed by atoms with E-state index in [-0.39, 0.29) is 17.7 Å². The van der Waals surface area contributed by atoms with Gasteiger partial charge in [-0.25, -0.2) is 4.98 Å². The molecule has 0 saturated carbocycles. The topological polar surface area (TPSA) is 51.2 Å². The molecule has 7 heteroatoms. The first-order chi connectivity index (χ1) is 8.94. The third kappa shape index (κ3) is 4.11. The summed E-state index contributed by atoms with van der Waals surface area (Å²) in [6.45, 7) is -0.686. The Morgan fingerprint density at radius 1 is 1.42 bits per heavy atom. The van der Waals surface area contributed by atoms with Gasteiger partial charge in [0.1, 0.15) is 0 Å². The highest BCUT2D eigenvalue weighted by molar-refractivity contribution is 5.80. The third-order valence-corrected chi connectivity index (χ3v) is 2.83. The number of alkyl halides is 3. The predicted molar refractivity (Wildman–Crippen MR) is 60.6 cm³/mol. The van der Waals surface area contributed by atoms with Crippen molar-refractivity contribution in [2.45, 2.75) is 19.0 Å². The number of hydrogen-bond donors (Lipinski definition) is 1. The van der Waals surface area contributed by atoms with Crippen LogP contribution in [0.3, 0.4) is 0 Å². The van der Waals surface area contributed by atoms with Crippen LogP contribution in [-0.4, -0.2) is 30.2 Å². The summed E-state index contributed by atoms with van der Waals surface area (Å²) in [6, 6.07) is 3.01. The minimum Gasteiger partial charge on any atom is -0.468 e. The van der Waals surface area contributed by atoms with Crippen LogP contribution in [0.25, 0.3) is 0 Å². The fraction of sp³-hybridized carbons (Fsp3) is 0.500. The molecule has 1 aliphatic rings. The monoisotopic (exact) mass is 274 g/mol. The molecule has 19 heavy (non-hydrogen) atoms. The molecular formula is C12H13F3N2O2. The zero-order chi connectivity index (χ0) is 13.9. The molecule has 4 nitrogen and oxygen atoms in total. The van der Waals surface area contributed by atoms with Crippen LogP contribution in [0, 0.1) is 5.92 Å². The summed E-state index contributed by atoms with van der Waals surface area (Å²) in [5.41, 5.74) is 0.807. The lowest BCUT2D eigenvalue weighted by Gasteiger charge is -2.09. The highest BCUT2D eigenvalue weighted by Crippen LogP contribution is 2.19. The molecule has 1 atom stereocenters. The summed E-state index contributed by atoms with van der Waals surface area (Å²) in [6.07, 6.45) is -1.62. The van der Waals surface area contributed by atoms with Gasteiger partial charge in [-0.05, 0) is 18.4 Å². The molecule has 1 saturated heterocycles. The van der Waals surface area contributed by atoms with Gasteiger partial charge in [0.25, 0.3) is 0 Å². The largest absolute Gasteiger partial charge is 0.468 e. The van der Waals surface area contributed by atoms with Gasteiger partial charge in [-0.3, -0.25) is 4.79 Å². The number of carbonyl (C=O) groups is 1. The van der Waals surface area contributed by atoms with Crippen LogP contribution in [0.2, 0.25) is 0 Å². The van der Waals surface area contributed by atoms with Crippen LogP contribution < -0.4 is 10.1 Å². The maximum absolute atomic E-state index is 11.9. The average molecular weight is 274 g/mol. The molecule has 2 heterocycles. The second kappa shape index (κ2) is 5.46. The molecule has 0 aromatic carbocycles. The van der Waals surface area contributed by atoms with Crippen molar-refractivity contribution >= 4 is 5.91 Å². The first kappa shape index (κ1) is 13.6. The maximum Gasteiger partial charge on any atom is 0.422 e. The van der Waals surface area contributed by atoms with Crippen molar-refractivity contribution in [3.8, 4) is 5.88 Å². The summed E-state index contributed by atoms with van der Waals surface area (Å²) in [7, 11) is 0. The van der Waals surface area contributed by atoms with Crippen molar-refractivity contribution in [2.24, 2.45) is 5.92 Å². The lowest BCUT2D eigenvalue weighted by Crippen LogP contribution is -2.20. The minimum absolute atomic E-state index is 0.0115. The molecule has 1 N–H and O–H groups in total. The van der Waals surface area contributed by atoms with E-state index >= 15 is 0 Å². The Kier molecular flexibility index (Phi) is 3.92. The first-order valence-corrected chi connectivity index (χ1v) is 5.86. The minimum atomic E-state index is -4.37. The number of nitrogens with zero attached hydrogens (tertiary/aromatic N) is 1. The van der Waals surface area contributed by atoms with E-state index in [9.17, 15) is 18.0 Å². The van der Waals surface area contributed by atoms with Gasteiger partial charge in [0, 0.05) is 24.7 Å². The van der Waals surface area contributed by atoms with E-state index < -0.39 is 12.8 Å². The molecule has 1 amide bonds. The highest BCUT2D eigenvalue weighted by Gasteiger charge is 2.28. The van der Waals surface area contributed by atoms with Gasteiger partial charge in [0.2, 0.25) is 11.8 Å². The molecular weight excluding hydrogens is 261 g/mol. The lowest BCUT2D eigenvalue weighted by atomic mass is 9.99. The normalized spacial score (nSPS) is 19.3. The summed E-state index contributed by atoms with van der Waals surface area (Å²) in [4.78, 5) is 15.2. The predicted octanol–water partition coefficient (Wildman–Crippen LogP) is 1.70.